The maximum absolute atomic E-state index is 8.36. The number of carboxylic acid groups (broad SMARTS) is 1. The largest absolute Gasteiger partial charge is 0.483 e. The molecule has 14 heavy (non-hydrogen) atoms. The first-order valence-electron chi connectivity index (χ1n) is 5.36. The number of hydrogen-bond acceptors (Lipinski definition) is 2. The van der Waals surface area contributed by atoms with Crippen molar-refractivity contribution in [3.05, 3.63) is 0 Å². The van der Waals surface area contributed by atoms with Crippen molar-refractivity contribution in [2.75, 3.05) is 0 Å². The smallest absolute Gasteiger partial charge is 0.290 e. The lowest BCUT2D eigenvalue weighted by Gasteiger charge is -2.28. The van der Waals surface area contributed by atoms with Gasteiger partial charge in [-0.15, -0.1) is 0 Å². The van der Waals surface area contributed by atoms with Gasteiger partial charge < -0.3 is 10.8 Å². The first kappa shape index (κ1) is 13.4. The molecule has 0 bridgehead atoms. The summed E-state index contributed by atoms with van der Waals surface area (Å²) in [5.41, 5.74) is 6.02. The van der Waals surface area contributed by atoms with Crippen LogP contribution in [0.25, 0.3) is 0 Å². The first-order valence-corrected chi connectivity index (χ1v) is 5.36. The third kappa shape index (κ3) is 8.05. The van der Waals surface area contributed by atoms with Gasteiger partial charge in [-0.25, -0.2) is 0 Å². The Kier molecular flexibility index (Phi) is 6.54. The predicted octanol–water partition coefficient (Wildman–Crippen LogP) is 2.39. The molecule has 3 heteroatoms. The van der Waals surface area contributed by atoms with Crippen molar-refractivity contribution in [2.24, 2.45) is 11.7 Å². The van der Waals surface area contributed by atoms with Crippen molar-refractivity contribution in [3.8, 4) is 0 Å². The molecule has 1 rings (SSSR count). The maximum atomic E-state index is 8.36. The van der Waals surface area contributed by atoms with Gasteiger partial charge in [0.25, 0.3) is 6.47 Å². The van der Waals surface area contributed by atoms with Gasteiger partial charge in [-0.2, -0.15) is 0 Å². The minimum Gasteiger partial charge on any atom is -0.483 e. The molecule has 3 nitrogen and oxygen atoms in total. The SMILES string of the molecule is CC(C)(N)CC1CCCCC1.O=CO. The number of carbonyl (C=O) groups is 1. The standard InChI is InChI=1S/C10H21N.CH2O2/c1-10(2,11)8-9-6-4-3-5-7-9;2-1-3/h9H,3-8,11H2,1-2H3;1H,(H,2,3). The average molecular weight is 201 g/mol. The summed E-state index contributed by atoms with van der Waals surface area (Å²) in [6, 6.07) is 0. The van der Waals surface area contributed by atoms with Crippen molar-refractivity contribution in [3.63, 3.8) is 0 Å². The van der Waals surface area contributed by atoms with Gasteiger partial charge in [0, 0.05) is 5.54 Å². The van der Waals surface area contributed by atoms with Crippen LogP contribution in [0.4, 0.5) is 0 Å². The lowest BCUT2D eigenvalue weighted by Crippen LogP contribution is -2.34. The van der Waals surface area contributed by atoms with Crippen LogP contribution in [0.3, 0.4) is 0 Å². The normalized spacial score (nSPS) is 18.2. The van der Waals surface area contributed by atoms with Gasteiger partial charge in [0.1, 0.15) is 0 Å². The van der Waals surface area contributed by atoms with Gasteiger partial charge in [0.15, 0.2) is 0 Å². The zero-order chi connectivity index (χ0) is 11.0. The molecule has 1 saturated carbocycles. The van der Waals surface area contributed by atoms with E-state index in [1.54, 1.807) is 0 Å². The van der Waals surface area contributed by atoms with Crippen LogP contribution in [0.2, 0.25) is 0 Å². The Morgan fingerprint density at radius 1 is 1.36 bits per heavy atom. The van der Waals surface area contributed by atoms with Gasteiger partial charge in [-0.3, -0.25) is 4.79 Å². The number of nitrogens with two attached hydrogens (primary N) is 1. The van der Waals surface area contributed by atoms with Crippen LogP contribution < -0.4 is 5.73 Å². The molecule has 1 aliphatic rings. The topological polar surface area (TPSA) is 63.3 Å². The third-order valence-corrected chi connectivity index (χ3v) is 2.54. The Morgan fingerprint density at radius 3 is 2.14 bits per heavy atom. The van der Waals surface area contributed by atoms with Crippen molar-refractivity contribution in [1.29, 1.82) is 0 Å². The van der Waals surface area contributed by atoms with Gasteiger partial charge in [0.2, 0.25) is 0 Å². The molecule has 0 unspecified atom stereocenters. The van der Waals surface area contributed by atoms with E-state index < -0.39 is 0 Å². The lowest BCUT2D eigenvalue weighted by atomic mass is 9.81. The maximum Gasteiger partial charge on any atom is 0.290 e. The highest BCUT2D eigenvalue weighted by molar-refractivity contribution is 5.32. The molecule has 0 heterocycles. The molecule has 0 aromatic rings. The number of hydrogen-bond donors (Lipinski definition) is 2. The molecule has 1 aliphatic carbocycles. The number of rotatable bonds is 2. The van der Waals surface area contributed by atoms with E-state index in [0.717, 1.165) is 5.92 Å². The van der Waals surface area contributed by atoms with Gasteiger partial charge in [-0.1, -0.05) is 32.1 Å². The van der Waals surface area contributed by atoms with E-state index >= 15 is 0 Å². The lowest BCUT2D eigenvalue weighted by molar-refractivity contribution is -0.122. The van der Waals surface area contributed by atoms with Crippen molar-refractivity contribution in [2.45, 2.75) is 57.9 Å². The quantitative estimate of drug-likeness (QED) is 0.674. The van der Waals surface area contributed by atoms with E-state index in [9.17, 15) is 0 Å². The Balaban J connectivity index is 0.000000500. The Morgan fingerprint density at radius 2 is 1.79 bits per heavy atom. The van der Waals surface area contributed by atoms with Crippen LogP contribution in [0, 0.1) is 5.92 Å². The minimum atomic E-state index is -0.250. The van der Waals surface area contributed by atoms with E-state index in [2.05, 4.69) is 13.8 Å². The molecular weight excluding hydrogens is 178 g/mol. The Bertz CT molecular complexity index is 146. The fourth-order valence-corrected chi connectivity index (χ4v) is 2.14. The van der Waals surface area contributed by atoms with Crippen LogP contribution in [-0.2, 0) is 4.79 Å². The van der Waals surface area contributed by atoms with Gasteiger partial charge >= 0.3 is 0 Å². The third-order valence-electron chi connectivity index (χ3n) is 2.54. The zero-order valence-electron chi connectivity index (χ0n) is 9.33. The monoisotopic (exact) mass is 201 g/mol. The van der Waals surface area contributed by atoms with E-state index in [1.807, 2.05) is 0 Å². The van der Waals surface area contributed by atoms with Crippen molar-refractivity contribution < 1.29 is 9.90 Å². The highest BCUT2D eigenvalue weighted by atomic mass is 16.3. The van der Waals surface area contributed by atoms with Gasteiger partial charge in [0.05, 0.1) is 0 Å². The second kappa shape index (κ2) is 6.82. The predicted molar refractivity (Wildman–Crippen MR) is 58.2 cm³/mol. The molecule has 1 fully saturated rings. The van der Waals surface area contributed by atoms with E-state index in [-0.39, 0.29) is 12.0 Å². The van der Waals surface area contributed by atoms with Crippen LogP contribution in [0.1, 0.15) is 52.4 Å². The highest BCUT2D eigenvalue weighted by Gasteiger charge is 2.20. The summed E-state index contributed by atoms with van der Waals surface area (Å²) in [5.74, 6) is 0.920. The summed E-state index contributed by atoms with van der Waals surface area (Å²) in [7, 11) is 0. The van der Waals surface area contributed by atoms with Crippen LogP contribution in [-0.4, -0.2) is 17.1 Å². The molecular formula is C11H23NO2. The zero-order valence-corrected chi connectivity index (χ0v) is 9.33. The molecule has 0 radical (unpaired) electrons. The molecule has 0 aromatic carbocycles. The second-order valence-corrected chi connectivity index (χ2v) is 4.80. The Labute approximate surface area is 86.7 Å². The first-order chi connectivity index (χ1) is 6.49. The molecule has 0 saturated heterocycles. The van der Waals surface area contributed by atoms with Crippen LogP contribution >= 0.6 is 0 Å². The summed E-state index contributed by atoms with van der Waals surface area (Å²) in [5, 5.41) is 6.89. The Hall–Kier alpha value is -0.570. The average Bonchev–Trinajstić information content (AvgIpc) is 2.04. The minimum absolute atomic E-state index is 0.0575. The summed E-state index contributed by atoms with van der Waals surface area (Å²) in [6.45, 7) is 4.03. The molecule has 0 aromatic heterocycles. The van der Waals surface area contributed by atoms with Crippen molar-refractivity contribution in [1.82, 2.24) is 0 Å². The second-order valence-electron chi connectivity index (χ2n) is 4.80. The fraction of sp³-hybridized carbons (Fsp3) is 0.909. The van der Waals surface area contributed by atoms with Crippen LogP contribution in [0.5, 0.6) is 0 Å². The highest BCUT2D eigenvalue weighted by Crippen LogP contribution is 2.29. The molecule has 3 N–H and O–H groups in total. The van der Waals surface area contributed by atoms with E-state index in [0.29, 0.717) is 0 Å². The summed E-state index contributed by atoms with van der Waals surface area (Å²) in [4.78, 5) is 8.36. The summed E-state index contributed by atoms with van der Waals surface area (Å²) >= 11 is 0. The molecule has 0 aliphatic heterocycles. The van der Waals surface area contributed by atoms with Crippen molar-refractivity contribution >= 4 is 6.47 Å². The summed E-state index contributed by atoms with van der Waals surface area (Å²) < 4.78 is 0. The summed E-state index contributed by atoms with van der Waals surface area (Å²) in [6.07, 6.45) is 8.36. The fourth-order valence-electron chi connectivity index (χ4n) is 2.14. The molecule has 0 spiro atoms. The molecule has 0 amide bonds. The van der Waals surface area contributed by atoms with E-state index in [1.165, 1.54) is 38.5 Å². The van der Waals surface area contributed by atoms with E-state index in [4.69, 9.17) is 15.6 Å². The molecule has 0 atom stereocenters. The molecule has 84 valence electrons. The van der Waals surface area contributed by atoms with Gasteiger partial charge in [-0.05, 0) is 26.2 Å². The van der Waals surface area contributed by atoms with Crippen LogP contribution in [0.15, 0.2) is 0 Å².